The van der Waals surface area contributed by atoms with Gasteiger partial charge < -0.3 is 14.6 Å². The number of nitrogens with one attached hydrogen (secondary N) is 1. The first-order valence-corrected chi connectivity index (χ1v) is 10.9. The minimum atomic E-state index is -1.36. The van der Waals surface area contributed by atoms with Crippen LogP contribution >= 0.6 is 0 Å². The zero-order valence-corrected chi connectivity index (χ0v) is 19.2. The lowest BCUT2D eigenvalue weighted by Crippen LogP contribution is -2.18. The van der Waals surface area contributed by atoms with Crippen LogP contribution < -0.4 is 10.1 Å². The fraction of sp³-hybridized carbons (Fsp3) is 0.115. The molecule has 4 rings (SSSR count). The molecule has 0 aliphatic carbocycles. The molecule has 0 radical (unpaired) electrons. The van der Waals surface area contributed by atoms with E-state index in [1.54, 1.807) is 43.5 Å². The number of methoxy groups -OCH3 is 1. The van der Waals surface area contributed by atoms with E-state index < -0.39 is 17.8 Å². The molecule has 0 saturated carbocycles. The van der Waals surface area contributed by atoms with Gasteiger partial charge in [-0.1, -0.05) is 59.8 Å². The molecule has 0 fully saturated rings. The van der Waals surface area contributed by atoms with Crippen LogP contribution in [-0.2, 0) is 17.9 Å². The van der Waals surface area contributed by atoms with Crippen molar-refractivity contribution in [3.05, 3.63) is 107 Å². The van der Waals surface area contributed by atoms with Gasteiger partial charge in [0.1, 0.15) is 12.4 Å². The van der Waals surface area contributed by atoms with E-state index in [4.69, 9.17) is 9.47 Å². The average Bonchev–Trinajstić information content (AvgIpc) is 3.32. The molecular formula is C26H22N4O6. The van der Waals surface area contributed by atoms with E-state index in [1.165, 1.54) is 12.1 Å². The first-order chi connectivity index (χ1) is 17.5. The lowest BCUT2D eigenvalue weighted by atomic mass is 10.0. The van der Waals surface area contributed by atoms with Crippen LogP contribution in [-0.4, -0.2) is 45.1 Å². The summed E-state index contributed by atoms with van der Waals surface area (Å²) in [6.07, 6.45) is -0.763. The van der Waals surface area contributed by atoms with E-state index in [-0.39, 0.29) is 35.8 Å². The van der Waals surface area contributed by atoms with Crippen LogP contribution in [0.15, 0.2) is 78.9 Å². The molecule has 10 heteroatoms. The Morgan fingerprint density at radius 3 is 2.31 bits per heavy atom. The normalized spacial score (nSPS) is 10.5. The molecular weight excluding hydrogens is 464 g/mol. The predicted octanol–water partition coefficient (Wildman–Crippen LogP) is 4.01. The topological polar surface area (TPSA) is 133 Å². The molecule has 1 amide bonds. The highest BCUT2D eigenvalue weighted by molar-refractivity contribution is 6.15. The number of nitrogens with zero attached hydrogens (tertiary/aromatic N) is 3. The van der Waals surface area contributed by atoms with Gasteiger partial charge in [0.25, 0.3) is 0 Å². The molecule has 10 nitrogen and oxygen atoms in total. The minimum Gasteiger partial charge on any atom is -0.497 e. The summed E-state index contributed by atoms with van der Waals surface area (Å²) >= 11 is 0. The number of anilines is 1. The van der Waals surface area contributed by atoms with Crippen LogP contribution in [0.1, 0.15) is 37.7 Å². The Bertz CT molecular complexity index is 1380. The number of aromatic nitrogens is 3. The molecule has 36 heavy (non-hydrogen) atoms. The molecule has 0 saturated heterocycles. The van der Waals surface area contributed by atoms with E-state index in [9.17, 15) is 19.5 Å². The number of carboxylic acids is 1. The molecule has 0 atom stereocenters. The summed E-state index contributed by atoms with van der Waals surface area (Å²) in [5.74, 6) is -1.41. The fourth-order valence-electron chi connectivity index (χ4n) is 3.48. The van der Waals surface area contributed by atoms with E-state index >= 15 is 0 Å². The largest absolute Gasteiger partial charge is 0.497 e. The third-order valence-electron chi connectivity index (χ3n) is 5.27. The van der Waals surface area contributed by atoms with Gasteiger partial charge in [-0.3, -0.25) is 10.1 Å². The Hall–Kier alpha value is -4.99. The molecule has 182 valence electrons. The maximum atomic E-state index is 13.3. The van der Waals surface area contributed by atoms with E-state index in [0.717, 1.165) is 15.8 Å². The average molecular weight is 486 g/mol. The highest BCUT2D eigenvalue weighted by atomic mass is 16.5. The van der Waals surface area contributed by atoms with E-state index in [0.29, 0.717) is 5.75 Å². The highest BCUT2D eigenvalue weighted by Gasteiger charge is 2.28. The summed E-state index contributed by atoms with van der Waals surface area (Å²) in [4.78, 5) is 37.7. The van der Waals surface area contributed by atoms with Crippen LogP contribution in [0, 0.1) is 0 Å². The predicted molar refractivity (Wildman–Crippen MR) is 129 cm³/mol. The van der Waals surface area contributed by atoms with Crippen molar-refractivity contribution in [1.29, 1.82) is 0 Å². The van der Waals surface area contributed by atoms with Crippen molar-refractivity contribution in [2.24, 2.45) is 0 Å². The summed E-state index contributed by atoms with van der Waals surface area (Å²) in [6, 6.07) is 22.3. The Balaban J connectivity index is 1.55. The number of para-hydroxylation sites is 1. The van der Waals surface area contributed by atoms with Crippen LogP contribution in [0.3, 0.4) is 0 Å². The maximum Gasteiger partial charge on any atom is 0.411 e. The number of aromatic carboxylic acids is 1. The van der Waals surface area contributed by atoms with Crippen molar-refractivity contribution in [3.63, 3.8) is 0 Å². The minimum absolute atomic E-state index is 0.0473. The molecule has 0 unspecified atom stereocenters. The van der Waals surface area contributed by atoms with Gasteiger partial charge in [0, 0.05) is 5.56 Å². The summed E-state index contributed by atoms with van der Waals surface area (Å²) in [5.41, 5.74) is 1.04. The van der Waals surface area contributed by atoms with Gasteiger partial charge in [0.2, 0.25) is 5.78 Å². The molecule has 0 bridgehead atoms. The second-order valence-electron chi connectivity index (χ2n) is 7.66. The molecule has 3 aromatic carbocycles. The van der Waals surface area contributed by atoms with Gasteiger partial charge in [-0.05, 0) is 35.4 Å². The van der Waals surface area contributed by atoms with Crippen LogP contribution in [0.25, 0.3) is 0 Å². The summed E-state index contributed by atoms with van der Waals surface area (Å²) in [5, 5.41) is 20.1. The third-order valence-corrected chi connectivity index (χ3v) is 5.27. The molecule has 1 heterocycles. The molecule has 0 aliphatic heterocycles. The van der Waals surface area contributed by atoms with Gasteiger partial charge in [0.15, 0.2) is 11.4 Å². The van der Waals surface area contributed by atoms with Gasteiger partial charge in [-0.25, -0.2) is 14.3 Å². The molecule has 1 aromatic heterocycles. The van der Waals surface area contributed by atoms with Crippen molar-refractivity contribution < 1.29 is 29.0 Å². The Morgan fingerprint density at radius 1 is 0.917 bits per heavy atom. The molecule has 2 N–H and O–H groups in total. The number of ketones is 1. The summed E-state index contributed by atoms with van der Waals surface area (Å²) in [6.45, 7) is 0.128. The Kier molecular flexibility index (Phi) is 7.35. The van der Waals surface area contributed by atoms with Crippen molar-refractivity contribution in [1.82, 2.24) is 15.0 Å². The van der Waals surface area contributed by atoms with Gasteiger partial charge in [0.05, 0.1) is 19.3 Å². The Morgan fingerprint density at radius 2 is 1.61 bits per heavy atom. The number of hydrogen-bond donors (Lipinski definition) is 2. The third kappa shape index (κ3) is 5.55. The smallest absolute Gasteiger partial charge is 0.411 e. The zero-order valence-electron chi connectivity index (χ0n) is 19.2. The molecule has 4 aromatic rings. The lowest BCUT2D eigenvalue weighted by Gasteiger charge is -2.11. The SMILES string of the molecule is COc1ccc(Cn2nnc(C(=O)c3ccccc3NC(=O)OCc3ccccc3)c2C(=O)O)cc1. The number of carbonyl (C=O) groups is 3. The standard InChI is InChI=1S/C26H22N4O6/c1-35-19-13-11-17(12-14-19)15-30-23(25(32)33)22(28-29-30)24(31)20-9-5-6-10-21(20)27-26(34)36-16-18-7-3-2-4-8-18/h2-14H,15-16H2,1H3,(H,27,34)(H,32,33). The van der Waals surface area contributed by atoms with Crippen molar-refractivity contribution >= 4 is 23.5 Å². The second-order valence-corrected chi connectivity index (χ2v) is 7.66. The first-order valence-electron chi connectivity index (χ1n) is 10.9. The highest BCUT2D eigenvalue weighted by Crippen LogP contribution is 2.22. The monoisotopic (exact) mass is 486 g/mol. The second kappa shape index (κ2) is 11.0. The fourth-order valence-corrected chi connectivity index (χ4v) is 3.48. The van der Waals surface area contributed by atoms with Crippen molar-refractivity contribution in [3.8, 4) is 5.75 Å². The van der Waals surface area contributed by atoms with Gasteiger partial charge >= 0.3 is 12.1 Å². The number of carboxylic acid groups (broad SMARTS) is 1. The number of amides is 1. The first kappa shape index (κ1) is 24.1. The Labute approximate surface area is 206 Å². The van der Waals surface area contributed by atoms with E-state index in [2.05, 4.69) is 15.6 Å². The van der Waals surface area contributed by atoms with Gasteiger partial charge in [-0.2, -0.15) is 0 Å². The maximum absolute atomic E-state index is 13.3. The van der Waals surface area contributed by atoms with Crippen molar-refractivity contribution in [2.75, 3.05) is 12.4 Å². The number of benzene rings is 3. The number of carbonyl (C=O) groups excluding carboxylic acids is 2. The quantitative estimate of drug-likeness (QED) is 0.339. The lowest BCUT2D eigenvalue weighted by molar-refractivity contribution is 0.0679. The number of rotatable bonds is 9. The van der Waals surface area contributed by atoms with Crippen LogP contribution in [0.4, 0.5) is 10.5 Å². The van der Waals surface area contributed by atoms with Crippen LogP contribution in [0.2, 0.25) is 0 Å². The number of hydrogen-bond acceptors (Lipinski definition) is 7. The molecule has 0 aliphatic rings. The van der Waals surface area contributed by atoms with Crippen molar-refractivity contribution in [2.45, 2.75) is 13.2 Å². The summed E-state index contributed by atoms with van der Waals surface area (Å²) < 4.78 is 11.5. The zero-order chi connectivity index (χ0) is 25.5. The number of ether oxygens (including phenoxy) is 2. The van der Waals surface area contributed by atoms with Gasteiger partial charge in [-0.15, -0.1) is 5.10 Å². The van der Waals surface area contributed by atoms with E-state index in [1.807, 2.05) is 30.3 Å². The van der Waals surface area contributed by atoms with Crippen LogP contribution in [0.5, 0.6) is 5.75 Å². The molecule has 0 spiro atoms. The summed E-state index contributed by atoms with van der Waals surface area (Å²) in [7, 11) is 1.54.